The lowest BCUT2D eigenvalue weighted by Crippen LogP contribution is -1.93. The van der Waals surface area contributed by atoms with Crippen molar-refractivity contribution in [2.45, 2.75) is 212 Å². The molecule has 0 aromatic heterocycles. The molecular weight excluding hydrogens is 536 g/mol. The maximum atomic E-state index is 10.4. The van der Waals surface area contributed by atoms with Crippen molar-refractivity contribution >= 4 is 11.9 Å². The van der Waals surface area contributed by atoms with Gasteiger partial charge in [-0.2, -0.15) is 0 Å². The van der Waals surface area contributed by atoms with Crippen LogP contribution in [0.2, 0.25) is 0 Å². The van der Waals surface area contributed by atoms with Crippen LogP contribution in [0.3, 0.4) is 0 Å². The number of rotatable bonds is 34. The first-order chi connectivity index (χ1) is 21.0. The zero-order valence-corrected chi connectivity index (χ0v) is 28.6. The Morgan fingerprint density at radius 3 is 0.930 bits per heavy atom. The van der Waals surface area contributed by atoms with Gasteiger partial charge in [0.05, 0.1) is 0 Å². The Hall–Kier alpha value is -1.36. The number of carboxylic acids is 2. The minimum Gasteiger partial charge on any atom is -0.481 e. The molecule has 5 nitrogen and oxygen atoms in total. The number of carbonyl (C=O) groups is 2. The normalized spacial score (nSPS) is 11.1. The number of carboxylic acid groups (broad SMARTS) is 2. The number of aliphatic carboxylic acids is 2. The molecule has 0 aliphatic heterocycles. The molecule has 0 unspecified atom stereocenters. The molecule has 0 aliphatic rings. The lowest BCUT2D eigenvalue weighted by atomic mass is 10.0. The lowest BCUT2D eigenvalue weighted by Gasteiger charge is -2.03. The van der Waals surface area contributed by atoms with Crippen molar-refractivity contribution in [3.63, 3.8) is 0 Å². The van der Waals surface area contributed by atoms with Crippen LogP contribution in [0.5, 0.6) is 0 Å². The predicted molar refractivity (Wildman–Crippen MR) is 185 cm³/mol. The third kappa shape index (κ3) is 47.8. The number of hydrogen-bond donors (Lipinski definition) is 3. The number of aliphatic hydroxyl groups excluding tert-OH is 1. The van der Waals surface area contributed by atoms with Crippen molar-refractivity contribution in [2.75, 3.05) is 6.61 Å². The van der Waals surface area contributed by atoms with E-state index < -0.39 is 11.9 Å². The van der Waals surface area contributed by atoms with Gasteiger partial charge in [0.15, 0.2) is 0 Å². The Labute approximate surface area is 267 Å². The smallest absolute Gasteiger partial charge is 0.303 e. The Balaban J connectivity index is 0. The van der Waals surface area contributed by atoms with Crippen LogP contribution in [0.1, 0.15) is 212 Å². The van der Waals surface area contributed by atoms with Crippen LogP contribution in [0.4, 0.5) is 0 Å². The second-order valence-corrected chi connectivity index (χ2v) is 12.6. The van der Waals surface area contributed by atoms with Gasteiger partial charge in [0.25, 0.3) is 0 Å². The highest BCUT2D eigenvalue weighted by Gasteiger charge is 1.98. The van der Waals surface area contributed by atoms with Crippen LogP contribution >= 0.6 is 0 Å². The topological polar surface area (TPSA) is 94.8 Å². The minimum atomic E-state index is -0.664. The summed E-state index contributed by atoms with van der Waals surface area (Å²) in [5, 5.41) is 25.7. The lowest BCUT2D eigenvalue weighted by molar-refractivity contribution is -0.138. The molecule has 0 amide bonds. The summed E-state index contributed by atoms with van der Waals surface area (Å²) >= 11 is 0. The number of allylic oxidation sites excluding steroid dienone is 2. The zero-order valence-electron chi connectivity index (χ0n) is 28.6. The molecule has 43 heavy (non-hydrogen) atoms. The molecule has 0 rings (SSSR count). The van der Waals surface area contributed by atoms with Crippen LogP contribution < -0.4 is 0 Å². The van der Waals surface area contributed by atoms with E-state index in [-0.39, 0.29) is 0 Å². The van der Waals surface area contributed by atoms with Gasteiger partial charge in [0, 0.05) is 19.4 Å². The summed E-state index contributed by atoms with van der Waals surface area (Å²) in [4.78, 5) is 20.7. The molecule has 0 heterocycles. The first kappa shape index (κ1) is 43.8. The molecule has 0 aromatic rings. The fourth-order valence-corrected chi connectivity index (χ4v) is 5.39. The van der Waals surface area contributed by atoms with Crippen LogP contribution in [0.25, 0.3) is 0 Å². The highest BCUT2D eigenvalue weighted by molar-refractivity contribution is 5.66. The standard InChI is InChI=1S/C20H40O3.C18H34O2/c21-19-17-15-13-11-9-7-5-3-1-2-4-6-8-10-12-14-16-18-20(22)23;1-2-3-4-5-6-7-8-9-10-11-12-13-14-15-16-17-18(19)20/h21H,1-19H2,(H,22,23);9-10H,2-8,11-17H2,1H3,(H,19,20)/b;10-9-. The second-order valence-electron chi connectivity index (χ2n) is 12.6. The van der Waals surface area contributed by atoms with E-state index in [9.17, 15) is 9.59 Å². The van der Waals surface area contributed by atoms with Crippen molar-refractivity contribution in [1.29, 1.82) is 0 Å². The average molecular weight is 611 g/mol. The van der Waals surface area contributed by atoms with E-state index in [0.29, 0.717) is 19.4 Å². The Morgan fingerprint density at radius 2 is 0.651 bits per heavy atom. The van der Waals surface area contributed by atoms with Gasteiger partial charge in [-0.1, -0.05) is 167 Å². The molecule has 0 fully saturated rings. The fourth-order valence-electron chi connectivity index (χ4n) is 5.39. The SMILES string of the molecule is CCCCCCCC/C=C\CCCCCCCC(=O)O.O=C(O)CCCCCCCCCCCCCCCCCCCO. The first-order valence-electron chi connectivity index (χ1n) is 18.7. The maximum Gasteiger partial charge on any atom is 0.303 e. The van der Waals surface area contributed by atoms with Crippen molar-refractivity contribution in [3.8, 4) is 0 Å². The first-order valence-corrected chi connectivity index (χ1v) is 18.7. The largest absolute Gasteiger partial charge is 0.481 e. The summed E-state index contributed by atoms with van der Waals surface area (Å²) in [6.45, 7) is 2.61. The molecule has 0 aliphatic carbocycles. The molecule has 0 bridgehead atoms. The second kappa shape index (κ2) is 40.6. The molecule has 0 aromatic carbocycles. The van der Waals surface area contributed by atoms with E-state index in [0.717, 1.165) is 32.1 Å². The zero-order chi connectivity index (χ0) is 31.9. The fraction of sp³-hybridized carbons (Fsp3) is 0.895. The van der Waals surface area contributed by atoms with E-state index in [1.54, 1.807) is 0 Å². The van der Waals surface area contributed by atoms with Gasteiger partial charge in [-0.25, -0.2) is 0 Å². The van der Waals surface area contributed by atoms with Gasteiger partial charge < -0.3 is 15.3 Å². The van der Waals surface area contributed by atoms with Gasteiger partial charge in [-0.3, -0.25) is 9.59 Å². The number of aliphatic hydroxyl groups is 1. The third-order valence-corrected chi connectivity index (χ3v) is 8.20. The minimum absolute atomic E-state index is 0.332. The molecule has 0 atom stereocenters. The van der Waals surface area contributed by atoms with Crippen LogP contribution in [0.15, 0.2) is 12.2 Å². The highest BCUT2D eigenvalue weighted by atomic mass is 16.4. The Morgan fingerprint density at radius 1 is 0.395 bits per heavy atom. The van der Waals surface area contributed by atoms with Crippen molar-refractivity contribution in [3.05, 3.63) is 12.2 Å². The van der Waals surface area contributed by atoms with Gasteiger partial charge in [0.1, 0.15) is 0 Å². The van der Waals surface area contributed by atoms with Crippen LogP contribution in [-0.4, -0.2) is 33.9 Å². The quantitative estimate of drug-likeness (QED) is 0.0497. The summed E-state index contributed by atoms with van der Waals surface area (Å²) in [5.41, 5.74) is 0. The van der Waals surface area contributed by atoms with Crippen molar-refractivity contribution < 1.29 is 24.9 Å². The van der Waals surface area contributed by atoms with Gasteiger partial charge in [-0.15, -0.1) is 0 Å². The van der Waals surface area contributed by atoms with E-state index in [1.807, 2.05) is 0 Å². The third-order valence-electron chi connectivity index (χ3n) is 8.20. The van der Waals surface area contributed by atoms with E-state index >= 15 is 0 Å². The van der Waals surface area contributed by atoms with Crippen molar-refractivity contribution in [2.24, 2.45) is 0 Å². The maximum absolute atomic E-state index is 10.4. The predicted octanol–water partition coefficient (Wildman–Crippen LogP) is 12.2. The van der Waals surface area contributed by atoms with E-state index in [2.05, 4.69) is 19.1 Å². The number of hydrogen-bond acceptors (Lipinski definition) is 3. The molecule has 0 saturated heterocycles. The van der Waals surface area contributed by atoms with Crippen molar-refractivity contribution in [1.82, 2.24) is 0 Å². The average Bonchev–Trinajstić information content (AvgIpc) is 2.98. The monoisotopic (exact) mass is 611 g/mol. The van der Waals surface area contributed by atoms with Gasteiger partial charge >= 0.3 is 11.9 Å². The Kier molecular flexibility index (Phi) is 41.4. The van der Waals surface area contributed by atoms with Gasteiger partial charge in [-0.05, 0) is 44.9 Å². The molecular formula is C38H74O5. The summed E-state index contributed by atoms with van der Waals surface area (Å²) < 4.78 is 0. The molecule has 0 radical (unpaired) electrons. The molecule has 5 heteroatoms. The Bertz CT molecular complexity index is 575. The molecule has 256 valence electrons. The van der Waals surface area contributed by atoms with Crippen LogP contribution in [0, 0.1) is 0 Å². The molecule has 3 N–H and O–H groups in total. The number of unbranched alkanes of at least 4 members (excludes halogenated alkanes) is 27. The summed E-state index contributed by atoms with van der Waals surface area (Å²) in [7, 11) is 0. The van der Waals surface area contributed by atoms with Gasteiger partial charge in [0.2, 0.25) is 0 Å². The summed E-state index contributed by atoms with van der Waals surface area (Å²) in [6.07, 6.45) is 43.1. The molecule has 0 spiro atoms. The van der Waals surface area contributed by atoms with Crippen LogP contribution in [-0.2, 0) is 9.59 Å². The molecule has 0 saturated carbocycles. The highest BCUT2D eigenvalue weighted by Crippen LogP contribution is 2.14. The summed E-state index contributed by atoms with van der Waals surface area (Å²) in [5.74, 6) is -1.32. The van der Waals surface area contributed by atoms with E-state index in [1.165, 1.54) is 161 Å². The van der Waals surface area contributed by atoms with E-state index in [4.69, 9.17) is 15.3 Å². The summed E-state index contributed by atoms with van der Waals surface area (Å²) in [6, 6.07) is 0.